The van der Waals surface area contributed by atoms with E-state index in [0.29, 0.717) is 30.9 Å². The Kier molecular flexibility index (Phi) is 4.68. The number of pyridine rings is 1. The van der Waals surface area contributed by atoms with Gasteiger partial charge < -0.3 is 15.0 Å². The number of nitrogens with one attached hydrogen (secondary N) is 1. The summed E-state index contributed by atoms with van der Waals surface area (Å²) < 4.78 is 0. The van der Waals surface area contributed by atoms with Crippen LogP contribution in [0.2, 0.25) is 0 Å². The number of nitrogens with zero attached hydrogens (tertiary/aromatic N) is 1. The van der Waals surface area contributed by atoms with Crippen molar-refractivity contribution in [3.63, 3.8) is 0 Å². The van der Waals surface area contributed by atoms with Gasteiger partial charge in [-0.1, -0.05) is 13.8 Å². The number of carbonyl (C=O) groups excluding carboxylic acids is 1. The number of aromatic nitrogens is 1. The van der Waals surface area contributed by atoms with Crippen LogP contribution in [-0.4, -0.2) is 39.5 Å². The maximum atomic E-state index is 12.6. The lowest BCUT2D eigenvalue weighted by Gasteiger charge is -2.23. The number of hydrogen-bond donors (Lipinski definition) is 2. The van der Waals surface area contributed by atoms with Gasteiger partial charge in [-0.3, -0.25) is 14.4 Å². The van der Waals surface area contributed by atoms with Crippen LogP contribution in [-0.2, 0) is 11.2 Å². The van der Waals surface area contributed by atoms with E-state index < -0.39 is 11.9 Å². The Hall–Kier alpha value is -2.11. The third kappa shape index (κ3) is 3.37. The number of rotatable bonds is 4. The van der Waals surface area contributed by atoms with Crippen LogP contribution in [0.3, 0.4) is 0 Å². The standard InChI is InChI=1S/C16H22N2O4/c1-9(2)6-12-7-11(8-14(19)17-12)15(20)18-5-4-13(10(18)3)16(21)22/h7-10,13H,4-6H2,1-3H3,(H,17,19)(H,21,22). The second-order valence-corrected chi connectivity index (χ2v) is 6.33. The first-order chi connectivity index (χ1) is 10.3. The molecular weight excluding hydrogens is 284 g/mol. The summed E-state index contributed by atoms with van der Waals surface area (Å²) in [6, 6.07) is 2.62. The molecule has 2 atom stereocenters. The van der Waals surface area contributed by atoms with Crippen molar-refractivity contribution in [1.29, 1.82) is 0 Å². The van der Waals surface area contributed by atoms with E-state index in [-0.39, 0.29) is 17.5 Å². The molecule has 6 heteroatoms. The molecule has 22 heavy (non-hydrogen) atoms. The van der Waals surface area contributed by atoms with Crippen molar-refractivity contribution in [2.24, 2.45) is 11.8 Å². The van der Waals surface area contributed by atoms with Crippen molar-refractivity contribution < 1.29 is 14.7 Å². The summed E-state index contributed by atoms with van der Waals surface area (Å²) in [6.07, 6.45) is 1.13. The lowest BCUT2D eigenvalue weighted by atomic mass is 10.0. The van der Waals surface area contributed by atoms with Crippen LogP contribution in [0.4, 0.5) is 0 Å². The number of carboxylic acid groups (broad SMARTS) is 1. The molecule has 1 aliphatic rings. The Labute approximate surface area is 129 Å². The van der Waals surface area contributed by atoms with Crippen molar-refractivity contribution >= 4 is 11.9 Å². The molecule has 2 heterocycles. The summed E-state index contributed by atoms with van der Waals surface area (Å²) in [7, 11) is 0. The number of aliphatic carboxylic acids is 1. The maximum absolute atomic E-state index is 12.6. The zero-order chi connectivity index (χ0) is 16.4. The smallest absolute Gasteiger partial charge is 0.308 e. The molecular formula is C16H22N2O4. The fourth-order valence-electron chi connectivity index (χ4n) is 3.00. The highest BCUT2D eigenvalue weighted by molar-refractivity contribution is 5.95. The number of carbonyl (C=O) groups is 2. The van der Waals surface area contributed by atoms with Crippen molar-refractivity contribution in [2.75, 3.05) is 6.54 Å². The molecule has 6 nitrogen and oxygen atoms in total. The number of H-pyrrole nitrogens is 1. The van der Waals surface area contributed by atoms with E-state index in [9.17, 15) is 14.4 Å². The van der Waals surface area contributed by atoms with E-state index in [1.54, 1.807) is 17.9 Å². The Bertz CT molecular complexity index is 635. The van der Waals surface area contributed by atoms with Crippen LogP contribution < -0.4 is 5.56 Å². The van der Waals surface area contributed by atoms with E-state index >= 15 is 0 Å². The molecule has 1 aromatic heterocycles. The van der Waals surface area contributed by atoms with Gasteiger partial charge in [0.2, 0.25) is 5.56 Å². The van der Waals surface area contributed by atoms with Gasteiger partial charge in [-0.2, -0.15) is 0 Å². The number of hydrogen-bond acceptors (Lipinski definition) is 3. The minimum absolute atomic E-state index is 0.271. The van der Waals surface area contributed by atoms with Crippen LogP contribution in [0.25, 0.3) is 0 Å². The van der Waals surface area contributed by atoms with E-state index in [1.165, 1.54) is 6.07 Å². The minimum Gasteiger partial charge on any atom is -0.481 e. The van der Waals surface area contributed by atoms with E-state index in [1.807, 2.05) is 13.8 Å². The number of aromatic amines is 1. The van der Waals surface area contributed by atoms with Crippen molar-refractivity contribution in [2.45, 2.75) is 39.7 Å². The Morgan fingerprint density at radius 3 is 2.64 bits per heavy atom. The molecule has 0 saturated carbocycles. The van der Waals surface area contributed by atoms with Crippen LogP contribution in [0.15, 0.2) is 16.9 Å². The first-order valence-electron chi connectivity index (χ1n) is 7.56. The third-order valence-electron chi connectivity index (χ3n) is 4.11. The predicted molar refractivity (Wildman–Crippen MR) is 81.8 cm³/mol. The molecule has 2 unspecified atom stereocenters. The number of amides is 1. The molecule has 1 saturated heterocycles. The second kappa shape index (κ2) is 6.34. The van der Waals surface area contributed by atoms with E-state index in [2.05, 4.69) is 4.98 Å². The van der Waals surface area contributed by atoms with Crippen LogP contribution in [0, 0.1) is 11.8 Å². The SMILES string of the molecule is CC(C)Cc1cc(C(=O)N2CCC(C(=O)O)C2C)cc(=O)[nH]1. The average Bonchev–Trinajstić information content (AvgIpc) is 2.78. The summed E-state index contributed by atoms with van der Waals surface area (Å²) in [5, 5.41) is 9.15. The zero-order valence-electron chi connectivity index (χ0n) is 13.1. The van der Waals surface area contributed by atoms with Crippen molar-refractivity contribution in [3.8, 4) is 0 Å². The zero-order valence-corrected chi connectivity index (χ0v) is 13.1. The van der Waals surface area contributed by atoms with Crippen molar-refractivity contribution in [3.05, 3.63) is 33.7 Å². The molecule has 0 aromatic carbocycles. The van der Waals surface area contributed by atoms with Gasteiger partial charge >= 0.3 is 5.97 Å². The summed E-state index contributed by atoms with van der Waals surface area (Å²) in [6.45, 7) is 6.22. The molecule has 0 bridgehead atoms. The molecule has 0 spiro atoms. The first kappa shape index (κ1) is 16.3. The molecule has 2 rings (SSSR count). The molecule has 0 radical (unpaired) electrons. The van der Waals surface area contributed by atoms with Gasteiger partial charge in [0.15, 0.2) is 0 Å². The van der Waals surface area contributed by atoms with Gasteiger partial charge in [-0.05, 0) is 31.7 Å². The van der Waals surface area contributed by atoms with Crippen LogP contribution in [0.5, 0.6) is 0 Å². The molecule has 1 aromatic rings. The fourth-order valence-corrected chi connectivity index (χ4v) is 3.00. The Morgan fingerprint density at radius 1 is 1.41 bits per heavy atom. The minimum atomic E-state index is -0.880. The predicted octanol–water partition coefficient (Wildman–Crippen LogP) is 1.51. The molecule has 2 N–H and O–H groups in total. The van der Waals surface area contributed by atoms with Crippen LogP contribution >= 0.6 is 0 Å². The quantitative estimate of drug-likeness (QED) is 0.882. The summed E-state index contributed by atoms with van der Waals surface area (Å²) in [5.41, 5.74) is 0.757. The Morgan fingerprint density at radius 2 is 2.09 bits per heavy atom. The summed E-state index contributed by atoms with van der Waals surface area (Å²) in [5.74, 6) is -1.33. The number of carboxylic acids is 1. The van der Waals surface area contributed by atoms with Gasteiger partial charge in [0, 0.05) is 29.9 Å². The molecule has 120 valence electrons. The second-order valence-electron chi connectivity index (χ2n) is 6.33. The van der Waals surface area contributed by atoms with Crippen LogP contribution in [0.1, 0.15) is 43.2 Å². The maximum Gasteiger partial charge on any atom is 0.308 e. The highest BCUT2D eigenvalue weighted by atomic mass is 16.4. The van der Waals surface area contributed by atoms with Gasteiger partial charge in [0.25, 0.3) is 5.91 Å². The topological polar surface area (TPSA) is 90.5 Å². The highest BCUT2D eigenvalue weighted by Gasteiger charge is 2.38. The molecule has 1 aliphatic heterocycles. The van der Waals surface area contributed by atoms with Gasteiger partial charge in [0.05, 0.1) is 5.92 Å². The lowest BCUT2D eigenvalue weighted by Crippen LogP contribution is -2.38. The van der Waals surface area contributed by atoms with Gasteiger partial charge in [-0.15, -0.1) is 0 Å². The average molecular weight is 306 g/mol. The largest absolute Gasteiger partial charge is 0.481 e. The Balaban J connectivity index is 2.25. The first-order valence-corrected chi connectivity index (χ1v) is 7.56. The van der Waals surface area contributed by atoms with E-state index in [4.69, 9.17) is 5.11 Å². The molecule has 1 amide bonds. The monoisotopic (exact) mass is 306 g/mol. The lowest BCUT2D eigenvalue weighted by molar-refractivity contribution is -0.142. The van der Waals surface area contributed by atoms with Crippen molar-refractivity contribution in [1.82, 2.24) is 9.88 Å². The summed E-state index contributed by atoms with van der Waals surface area (Å²) in [4.78, 5) is 39.8. The molecule has 1 fully saturated rings. The van der Waals surface area contributed by atoms with Gasteiger partial charge in [-0.25, -0.2) is 0 Å². The summed E-state index contributed by atoms with van der Waals surface area (Å²) >= 11 is 0. The van der Waals surface area contributed by atoms with Gasteiger partial charge in [0.1, 0.15) is 0 Å². The molecule has 0 aliphatic carbocycles. The number of likely N-dealkylation sites (tertiary alicyclic amines) is 1. The normalized spacial score (nSPS) is 21.4. The highest BCUT2D eigenvalue weighted by Crippen LogP contribution is 2.26. The fraction of sp³-hybridized carbons (Fsp3) is 0.562. The van der Waals surface area contributed by atoms with E-state index in [0.717, 1.165) is 5.69 Å². The third-order valence-corrected chi connectivity index (χ3v) is 4.11.